The van der Waals surface area contributed by atoms with Gasteiger partial charge in [0, 0.05) is 18.4 Å². The van der Waals surface area contributed by atoms with E-state index in [1.807, 2.05) is 38.1 Å². The van der Waals surface area contributed by atoms with E-state index in [1.165, 1.54) is 0 Å². The van der Waals surface area contributed by atoms with Gasteiger partial charge in [-0.2, -0.15) is 18.2 Å². The van der Waals surface area contributed by atoms with Crippen LogP contribution in [0.3, 0.4) is 0 Å². The van der Waals surface area contributed by atoms with Crippen molar-refractivity contribution in [3.63, 3.8) is 0 Å². The molecule has 1 aromatic carbocycles. The van der Waals surface area contributed by atoms with Gasteiger partial charge in [-0.1, -0.05) is 17.7 Å². The Morgan fingerprint density at radius 1 is 1.15 bits per heavy atom. The summed E-state index contributed by atoms with van der Waals surface area (Å²) in [5.41, 5.74) is 1.00. The molecule has 1 saturated carbocycles. The minimum Gasteiger partial charge on any atom is -0.474 e. The molecule has 26 heavy (non-hydrogen) atoms. The normalized spacial score (nSPS) is 15.3. The minimum atomic E-state index is -4.55. The molecule has 0 spiro atoms. The van der Waals surface area contributed by atoms with Gasteiger partial charge in [0.1, 0.15) is 11.7 Å². The van der Waals surface area contributed by atoms with Gasteiger partial charge < -0.3 is 9.64 Å². The van der Waals surface area contributed by atoms with Crippen LogP contribution in [-0.4, -0.2) is 22.6 Å². The molecule has 1 aromatic heterocycles. The molecule has 0 radical (unpaired) electrons. The number of ether oxygens (including phenoxy) is 1. The summed E-state index contributed by atoms with van der Waals surface area (Å²) >= 11 is 0. The predicted octanol–water partition coefficient (Wildman–Crippen LogP) is 5.28. The van der Waals surface area contributed by atoms with Crippen molar-refractivity contribution in [2.24, 2.45) is 0 Å². The van der Waals surface area contributed by atoms with Crippen molar-refractivity contribution in [1.82, 2.24) is 9.97 Å². The SMILES string of the molecule is CCN(c1ccc(C)cc1)c1ncc(C(F)(F)F)c(OC2CCCC2)n1. The molecule has 4 nitrogen and oxygen atoms in total. The van der Waals surface area contributed by atoms with Crippen LogP contribution < -0.4 is 9.64 Å². The Kier molecular flexibility index (Phi) is 5.34. The molecular formula is C19H22F3N3O. The zero-order valence-corrected chi connectivity index (χ0v) is 14.9. The summed E-state index contributed by atoms with van der Waals surface area (Å²) < 4.78 is 45.6. The molecule has 1 aliphatic rings. The Bertz CT molecular complexity index is 741. The van der Waals surface area contributed by atoms with E-state index in [-0.39, 0.29) is 17.9 Å². The van der Waals surface area contributed by atoms with Crippen LogP contribution in [0.15, 0.2) is 30.5 Å². The lowest BCUT2D eigenvalue weighted by Crippen LogP contribution is -2.22. The molecule has 2 aromatic rings. The fourth-order valence-electron chi connectivity index (χ4n) is 3.10. The summed E-state index contributed by atoms with van der Waals surface area (Å²) in [7, 11) is 0. The van der Waals surface area contributed by atoms with E-state index < -0.39 is 11.7 Å². The van der Waals surface area contributed by atoms with E-state index in [2.05, 4.69) is 9.97 Å². The number of halogens is 3. The second-order valence-corrected chi connectivity index (χ2v) is 6.49. The third-order valence-corrected chi connectivity index (χ3v) is 4.53. The number of alkyl halides is 3. The molecule has 0 bridgehead atoms. The van der Waals surface area contributed by atoms with Crippen LogP contribution in [0.5, 0.6) is 5.88 Å². The molecule has 0 N–H and O–H groups in total. The lowest BCUT2D eigenvalue weighted by Gasteiger charge is -2.23. The third-order valence-electron chi connectivity index (χ3n) is 4.53. The number of benzene rings is 1. The van der Waals surface area contributed by atoms with E-state index in [0.29, 0.717) is 6.54 Å². The summed E-state index contributed by atoms with van der Waals surface area (Å²) in [6.07, 6.45) is -0.494. The molecule has 140 valence electrons. The molecule has 7 heteroatoms. The van der Waals surface area contributed by atoms with Crippen LogP contribution in [0, 0.1) is 6.92 Å². The van der Waals surface area contributed by atoms with Gasteiger partial charge in [0.25, 0.3) is 0 Å². The first-order valence-electron chi connectivity index (χ1n) is 8.83. The van der Waals surface area contributed by atoms with Crippen molar-refractivity contribution in [1.29, 1.82) is 0 Å². The molecule has 1 fully saturated rings. The van der Waals surface area contributed by atoms with Crippen molar-refractivity contribution in [2.75, 3.05) is 11.4 Å². The van der Waals surface area contributed by atoms with E-state index >= 15 is 0 Å². The molecule has 0 amide bonds. The first kappa shape index (κ1) is 18.5. The van der Waals surface area contributed by atoms with Gasteiger partial charge in [0.15, 0.2) is 0 Å². The highest BCUT2D eigenvalue weighted by Crippen LogP contribution is 2.37. The monoisotopic (exact) mass is 365 g/mol. The Morgan fingerprint density at radius 3 is 2.38 bits per heavy atom. The molecule has 0 saturated heterocycles. The minimum absolute atomic E-state index is 0.206. The van der Waals surface area contributed by atoms with Crippen LogP contribution in [0.2, 0.25) is 0 Å². The number of rotatable bonds is 5. The first-order chi connectivity index (χ1) is 12.4. The zero-order chi connectivity index (χ0) is 18.7. The van der Waals surface area contributed by atoms with Crippen molar-refractivity contribution in [3.8, 4) is 5.88 Å². The van der Waals surface area contributed by atoms with E-state index in [9.17, 15) is 13.2 Å². The van der Waals surface area contributed by atoms with E-state index in [1.54, 1.807) is 4.90 Å². The van der Waals surface area contributed by atoms with Crippen molar-refractivity contribution in [2.45, 2.75) is 51.8 Å². The average molecular weight is 365 g/mol. The fraction of sp³-hybridized carbons (Fsp3) is 0.474. The quantitative estimate of drug-likeness (QED) is 0.722. The Morgan fingerprint density at radius 2 is 1.81 bits per heavy atom. The summed E-state index contributed by atoms with van der Waals surface area (Å²) in [6, 6.07) is 7.69. The molecule has 0 atom stereocenters. The predicted molar refractivity (Wildman–Crippen MR) is 93.8 cm³/mol. The number of hydrogen-bond donors (Lipinski definition) is 0. The van der Waals surface area contributed by atoms with Crippen molar-refractivity contribution >= 4 is 11.6 Å². The maximum atomic E-state index is 13.3. The summed E-state index contributed by atoms with van der Waals surface area (Å²) in [5, 5.41) is 0. The zero-order valence-electron chi connectivity index (χ0n) is 14.9. The number of hydrogen-bond acceptors (Lipinski definition) is 4. The standard InChI is InChI=1S/C19H22F3N3O/c1-3-25(14-10-8-13(2)9-11-14)18-23-12-16(19(20,21)22)17(24-18)26-15-6-4-5-7-15/h8-12,15H,3-7H2,1-2H3. The maximum Gasteiger partial charge on any atom is 0.423 e. The largest absolute Gasteiger partial charge is 0.474 e. The van der Waals surface area contributed by atoms with Crippen molar-refractivity contribution < 1.29 is 17.9 Å². The molecule has 0 unspecified atom stereocenters. The van der Waals surface area contributed by atoms with Crippen LogP contribution in [0.25, 0.3) is 0 Å². The first-order valence-corrected chi connectivity index (χ1v) is 8.83. The van der Waals surface area contributed by atoms with E-state index in [0.717, 1.165) is 43.1 Å². The van der Waals surface area contributed by atoms with Gasteiger partial charge in [-0.05, 0) is 51.7 Å². The van der Waals surface area contributed by atoms with Crippen LogP contribution in [-0.2, 0) is 6.18 Å². The highest BCUT2D eigenvalue weighted by Gasteiger charge is 2.37. The Labute approximate surface area is 151 Å². The second kappa shape index (κ2) is 7.51. The second-order valence-electron chi connectivity index (χ2n) is 6.49. The highest BCUT2D eigenvalue weighted by molar-refractivity contribution is 5.58. The van der Waals surface area contributed by atoms with E-state index in [4.69, 9.17) is 4.74 Å². The van der Waals surface area contributed by atoms with Gasteiger partial charge in [-0.25, -0.2) is 4.98 Å². The van der Waals surface area contributed by atoms with Crippen molar-refractivity contribution in [3.05, 3.63) is 41.6 Å². The lowest BCUT2D eigenvalue weighted by atomic mass is 10.2. The summed E-state index contributed by atoms with van der Waals surface area (Å²) in [6.45, 7) is 4.40. The molecule has 0 aliphatic heterocycles. The van der Waals surface area contributed by atoms with Gasteiger partial charge in [-0.15, -0.1) is 0 Å². The van der Waals surface area contributed by atoms with Crippen LogP contribution in [0.1, 0.15) is 43.7 Å². The van der Waals surface area contributed by atoms with Gasteiger partial charge in [-0.3, -0.25) is 0 Å². The van der Waals surface area contributed by atoms with Gasteiger partial charge in [0.2, 0.25) is 11.8 Å². The average Bonchev–Trinajstić information content (AvgIpc) is 3.09. The van der Waals surface area contributed by atoms with Gasteiger partial charge >= 0.3 is 6.18 Å². The number of anilines is 2. The van der Waals surface area contributed by atoms with Crippen LogP contribution >= 0.6 is 0 Å². The summed E-state index contributed by atoms with van der Waals surface area (Å²) in [4.78, 5) is 9.88. The van der Waals surface area contributed by atoms with Crippen LogP contribution in [0.4, 0.5) is 24.8 Å². The number of nitrogens with zero attached hydrogens (tertiary/aromatic N) is 3. The number of aromatic nitrogens is 2. The summed E-state index contributed by atoms with van der Waals surface area (Å²) in [5.74, 6) is -0.169. The Hall–Kier alpha value is -2.31. The maximum absolute atomic E-state index is 13.3. The molecular weight excluding hydrogens is 343 g/mol. The van der Waals surface area contributed by atoms with Gasteiger partial charge in [0.05, 0.1) is 0 Å². The molecule has 3 rings (SSSR count). The topological polar surface area (TPSA) is 38.2 Å². The fourth-order valence-corrected chi connectivity index (χ4v) is 3.10. The Balaban J connectivity index is 1.97. The molecule has 1 aliphatic carbocycles. The smallest absolute Gasteiger partial charge is 0.423 e. The third kappa shape index (κ3) is 4.08. The lowest BCUT2D eigenvalue weighted by molar-refractivity contribution is -0.139. The number of aryl methyl sites for hydroxylation is 1. The molecule has 1 heterocycles. The highest BCUT2D eigenvalue weighted by atomic mass is 19.4.